The molecule has 1 aromatic carbocycles. The summed E-state index contributed by atoms with van der Waals surface area (Å²) in [6.45, 7) is 3.72. The molecule has 0 unspecified atom stereocenters. The molecular weight excluding hydrogens is 328 g/mol. The predicted molar refractivity (Wildman–Crippen MR) is 99.8 cm³/mol. The van der Waals surface area contributed by atoms with Gasteiger partial charge in [-0.1, -0.05) is 30.3 Å². The van der Waals surface area contributed by atoms with Gasteiger partial charge in [-0.05, 0) is 43.7 Å². The zero-order valence-corrected chi connectivity index (χ0v) is 15.2. The van der Waals surface area contributed by atoms with Crippen LogP contribution in [0.25, 0.3) is 0 Å². The second-order valence-electron chi connectivity index (χ2n) is 6.91. The van der Waals surface area contributed by atoms with Gasteiger partial charge in [-0.25, -0.2) is 0 Å². The Morgan fingerprint density at radius 1 is 1.15 bits per heavy atom. The molecule has 26 heavy (non-hydrogen) atoms. The number of nitrogens with zero attached hydrogens (tertiary/aromatic N) is 1. The van der Waals surface area contributed by atoms with Crippen LogP contribution in [0.3, 0.4) is 0 Å². The smallest absolute Gasteiger partial charge is 0.254 e. The minimum absolute atomic E-state index is 0.118. The zero-order valence-electron chi connectivity index (χ0n) is 15.2. The van der Waals surface area contributed by atoms with Crippen LogP contribution in [-0.2, 0) is 11.2 Å². The van der Waals surface area contributed by atoms with Gasteiger partial charge in [0.2, 0.25) is 5.91 Å². The van der Waals surface area contributed by atoms with Crippen molar-refractivity contribution in [2.45, 2.75) is 32.6 Å². The van der Waals surface area contributed by atoms with Crippen molar-refractivity contribution >= 4 is 11.8 Å². The number of rotatable bonds is 6. The quantitative estimate of drug-likeness (QED) is 0.866. The van der Waals surface area contributed by atoms with Crippen molar-refractivity contribution in [3.05, 3.63) is 59.5 Å². The van der Waals surface area contributed by atoms with E-state index < -0.39 is 0 Å². The predicted octanol–water partition coefficient (Wildman–Crippen LogP) is 3.19. The lowest BCUT2D eigenvalue weighted by Gasteiger charge is -2.32. The third-order valence-corrected chi connectivity index (χ3v) is 5.06. The van der Waals surface area contributed by atoms with Crippen molar-refractivity contribution in [3.8, 4) is 0 Å². The lowest BCUT2D eigenvalue weighted by molar-refractivity contribution is -0.132. The highest BCUT2D eigenvalue weighted by atomic mass is 16.3. The van der Waals surface area contributed by atoms with E-state index in [1.54, 1.807) is 13.0 Å². The normalized spacial score (nSPS) is 15.0. The van der Waals surface area contributed by atoms with Crippen LogP contribution in [0, 0.1) is 12.8 Å². The van der Waals surface area contributed by atoms with E-state index in [0.717, 1.165) is 32.4 Å². The van der Waals surface area contributed by atoms with Gasteiger partial charge in [0.25, 0.3) is 5.91 Å². The number of nitrogens with one attached hydrogen (secondary N) is 1. The summed E-state index contributed by atoms with van der Waals surface area (Å²) in [5.41, 5.74) is 1.90. The Morgan fingerprint density at radius 2 is 1.88 bits per heavy atom. The lowest BCUT2D eigenvalue weighted by atomic mass is 9.90. The number of furan rings is 1. The fourth-order valence-electron chi connectivity index (χ4n) is 3.49. The molecule has 2 heterocycles. The highest BCUT2D eigenvalue weighted by molar-refractivity contribution is 5.95. The summed E-state index contributed by atoms with van der Waals surface area (Å²) in [6.07, 6.45) is 5.01. The van der Waals surface area contributed by atoms with Gasteiger partial charge in [0.05, 0.1) is 11.8 Å². The van der Waals surface area contributed by atoms with E-state index in [1.807, 2.05) is 11.0 Å². The van der Waals surface area contributed by atoms with E-state index in [2.05, 4.69) is 29.6 Å². The van der Waals surface area contributed by atoms with E-state index in [1.165, 1.54) is 11.8 Å². The highest BCUT2D eigenvalue weighted by Gasteiger charge is 2.22. The number of carbonyl (C=O) groups is 2. The minimum atomic E-state index is -0.189. The summed E-state index contributed by atoms with van der Waals surface area (Å²) < 4.78 is 5.12. The van der Waals surface area contributed by atoms with Crippen molar-refractivity contribution < 1.29 is 14.0 Å². The van der Waals surface area contributed by atoms with Crippen LogP contribution in [0.4, 0.5) is 0 Å². The number of carbonyl (C=O) groups excluding carboxylic acids is 2. The molecule has 1 saturated heterocycles. The zero-order chi connectivity index (χ0) is 18.4. The number of aryl methyl sites for hydroxylation is 1. The van der Waals surface area contributed by atoms with Crippen LogP contribution in [0.2, 0.25) is 0 Å². The third-order valence-electron chi connectivity index (χ3n) is 5.06. The van der Waals surface area contributed by atoms with Crippen molar-refractivity contribution in [2.75, 3.05) is 19.6 Å². The van der Waals surface area contributed by atoms with Gasteiger partial charge >= 0.3 is 0 Å². The molecule has 0 aliphatic carbocycles. The van der Waals surface area contributed by atoms with Gasteiger partial charge in [0, 0.05) is 26.1 Å². The molecule has 2 amide bonds. The van der Waals surface area contributed by atoms with Crippen molar-refractivity contribution in [1.82, 2.24) is 10.2 Å². The minimum Gasteiger partial charge on any atom is -0.469 e. The van der Waals surface area contributed by atoms with E-state index in [-0.39, 0.29) is 11.8 Å². The molecule has 0 spiro atoms. The Bertz CT molecular complexity index is 731. The Morgan fingerprint density at radius 3 is 2.54 bits per heavy atom. The molecule has 1 aliphatic heterocycles. The molecule has 5 nitrogen and oxygen atoms in total. The summed E-state index contributed by atoms with van der Waals surface area (Å²) >= 11 is 0. The summed E-state index contributed by atoms with van der Waals surface area (Å²) in [5.74, 6) is 1.16. The first kappa shape index (κ1) is 18.2. The van der Waals surface area contributed by atoms with Gasteiger partial charge < -0.3 is 14.6 Å². The molecule has 0 atom stereocenters. The number of amides is 2. The fraction of sp³-hybridized carbons (Fsp3) is 0.429. The van der Waals surface area contributed by atoms with Crippen LogP contribution in [0.5, 0.6) is 0 Å². The molecule has 0 saturated carbocycles. The molecule has 1 N–H and O–H groups in total. The summed E-state index contributed by atoms with van der Waals surface area (Å²) in [4.78, 5) is 26.3. The van der Waals surface area contributed by atoms with Crippen LogP contribution >= 0.6 is 0 Å². The van der Waals surface area contributed by atoms with Gasteiger partial charge in [-0.2, -0.15) is 0 Å². The molecule has 1 fully saturated rings. The van der Waals surface area contributed by atoms with Gasteiger partial charge in [0.1, 0.15) is 5.76 Å². The van der Waals surface area contributed by atoms with Gasteiger partial charge in [-0.3, -0.25) is 9.59 Å². The van der Waals surface area contributed by atoms with Crippen LogP contribution < -0.4 is 5.32 Å². The summed E-state index contributed by atoms with van der Waals surface area (Å²) in [7, 11) is 0. The Labute approximate surface area is 154 Å². The molecule has 5 heteroatoms. The topological polar surface area (TPSA) is 62.6 Å². The van der Waals surface area contributed by atoms with Crippen molar-refractivity contribution in [2.24, 2.45) is 5.92 Å². The molecular formula is C21H26N2O3. The third kappa shape index (κ3) is 4.75. The second-order valence-corrected chi connectivity index (χ2v) is 6.91. The van der Waals surface area contributed by atoms with Gasteiger partial charge in [0.15, 0.2) is 0 Å². The molecule has 0 radical (unpaired) electrons. The Kier molecular flexibility index (Phi) is 6.10. The lowest BCUT2D eigenvalue weighted by Crippen LogP contribution is -2.40. The first-order valence-electron chi connectivity index (χ1n) is 9.27. The largest absolute Gasteiger partial charge is 0.469 e. The van der Waals surface area contributed by atoms with E-state index >= 15 is 0 Å². The monoisotopic (exact) mass is 354 g/mol. The van der Waals surface area contributed by atoms with Crippen molar-refractivity contribution in [3.63, 3.8) is 0 Å². The molecule has 0 bridgehead atoms. The van der Waals surface area contributed by atoms with Crippen LogP contribution in [0.1, 0.15) is 40.9 Å². The summed E-state index contributed by atoms with van der Waals surface area (Å²) in [6, 6.07) is 12.2. The SMILES string of the molecule is Cc1occc1C(=O)NCCC(=O)N1CCC(Cc2ccccc2)CC1. The Balaban J connectivity index is 1.37. The number of piperidine rings is 1. The first-order chi connectivity index (χ1) is 12.6. The van der Waals surface area contributed by atoms with Crippen LogP contribution in [0.15, 0.2) is 47.1 Å². The number of hydrogen-bond donors (Lipinski definition) is 1. The number of hydrogen-bond acceptors (Lipinski definition) is 3. The first-order valence-corrected chi connectivity index (χ1v) is 9.27. The molecule has 2 aromatic rings. The maximum Gasteiger partial charge on any atom is 0.254 e. The fourth-order valence-corrected chi connectivity index (χ4v) is 3.49. The number of benzene rings is 1. The second kappa shape index (κ2) is 8.70. The summed E-state index contributed by atoms with van der Waals surface area (Å²) in [5, 5.41) is 2.79. The highest BCUT2D eigenvalue weighted by Crippen LogP contribution is 2.22. The standard InChI is InChI=1S/C21H26N2O3/c1-16-19(10-14-26-16)21(25)22-11-7-20(24)23-12-8-18(9-13-23)15-17-5-3-2-4-6-17/h2-6,10,14,18H,7-9,11-13,15H2,1H3,(H,22,25). The van der Waals surface area contributed by atoms with E-state index in [4.69, 9.17) is 4.42 Å². The molecule has 1 aliphatic rings. The average Bonchev–Trinajstić information content (AvgIpc) is 3.09. The maximum atomic E-state index is 12.4. The molecule has 138 valence electrons. The van der Waals surface area contributed by atoms with Gasteiger partial charge in [-0.15, -0.1) is 0 Å². The van der Waals surface area contributed by atoms with E-state index in [9.17, 15) is 9.59 Å². The molecule has 3 rings (SSSR count). The average molecular weight is 354 g/mol. The number of likely N-dealkylation sites (tertiary alicyclic amines) is 1. The maximum absolute atomic E-state index is 12.4. The van der Waals surface area contributed by atoms with E-state index in [0.29, 0.717) is 30.2 Å². The van der Waals surface area contributed by atoms with Crippen LogP contribution in [-0.4, -0.2) is 36.3 Å². The molecule has 1 aromatic heterocycles. The van der Waals surface area contributed by atoms with Crippen molar-refractivity contribution in [1.29, 1.82) is 0 Å². The Hall–Kier alpha value is -2.56.